The highest BCUT2D eigenvalue weighted by Gasteiger charge is 2.62. The van der Waals surface area contributed by atoms with Crippen molar-refractivity contribution in [3.05, 3.63) is 54.3 Å². The summed E-state index contributed by atoms with van der Waals surface area (Å²) in [5.41, 5.74) is 1.26. The van der Waals surface area contributed by atoms with Crippen LogP contribution in [0, 0.1) is 11.8 Å². The molecule has 5 N–H and O–H groups in total. The number of anilines is 1. The molecular weight excluding hydrogens is 484 g/mol. The van der Waals surface area contributed by atoms with Crippen LogP contribution in [0.1, 0.15) is 18.4 Å². The number of para-hydroxylation sites is 1. The third kappa shape index (κ3) is 3.42. The number of piperidine rings is 1. The topological polar surface area (TPSA) is 158 Å². The standard InChI is InChI=1S/C26H30N2O9/c1-2-12-13-9-18-26(15-5-3-4-6-16(15)27-25(26)34)7-8-28(18)22(33)14(13)11-35-23(12)37-24-21(32)20(31)19(30)17(10-29)36-24/h2-6,11-13,17-21,23-24,29-32H,1,7-10H2,(H,27,34)/t12-,13+,17-,18-,19-,20+,21-,23+,24+,26-/m1/s1. The summed E-state index contributed by atoms with van der Waals surface area (Å²) in [5, 5.41) is 43.1. The Hall–Kier alpha value is -2.80. The van der Waals surface area contributed by atoms with Crippen LogP contribution in [0.2, 0.25) is 0 Å². The van der Waals surface area contributed by atoms with Crippen molar-refractivity contribution in [1.29, 1.82) is 0 Å². The van der Waals surface area contributed by atoms with Gasteiger partial charge in [0.2, 0.25) is 12.2 Å². The molecule has 11 nitrogen and oxygen atoms in total. The van der Waals surface area contributed by atoms with Crippen LogP contribution >= 0.6 is 0 Å². The number of amides is 2. The average molecular weight is 515 g/mol. The molecule has 5 heterocycles. The number of fused-ring (bicyclic) bond motifs is 5. The van der Waals surface area contributed by atoms with Gasteiger partial charge >= 0.3 is 0 Å². The van der Waals surface area contributed by atoms with Gasteiger partial charge in [-0.25, -0.2) is 0 Å². The second-order valence-electron chi connectivity index (χ2n) is 10.3. The van der Waals surface area contributed by atoms with Crippen LogP contribution in [0.15, 0.2) is 48.8 Å². The number of carbonyl (C=O) groups is 2. The maximum absolute atomic E-state index is 13.6. The molecule has 6 rings (SSSR count). The van der Waals surface area contributed by atoms with Crippen molar-refractivity contribution in [3.8, 4) is 0 Å². The van der Waals surface area contributed by atoms with Crippen molar-refractivity contribution in [1.82, 2.24) is 4.90 Å². The molecule has 37 heavy (non-hydrogen) atoms. The third-order valence-corrected chi connectivity index (χ3v) is 8.63. The summed E-state index contributed by atoms with van der Waals surface area (Å²) in [6, 6.07) is 7.19. The highest BCUT2D eigenvalue weighted by molar-refractivity contribution is 6.08. The van der Waals surface area contributed by atoms with E-state index in [1.165, 1.54) is 6.26 Å². The lowest BCUT2D eigenvalue weighted by Crippen LogP contribution is -2.60. The van der Waals surface area contributed by atoms with Crippen molar-refractivity contribution >= 4 is 17.5 Å². The molecule has 1 spiro atoms. The molecule has 10 atom stereocenters. The Bertz CT molecular complexity index is 1150. The number of rotatable bonds is 4. The molecule has 0 unspecified atom stereocenters. The molecule has 5 aliphatic rings. The minimum atomic E-state index is -1.60. The fourth-order valence-corrected chi connectivity index (χ4v) is 6.70. The van der Waals surface area contributed by atoms with Crippen LogP contribution in [0.4, 0.5) is 5.69 Å². The summed E-state index contributed by atoms with van der Waals surface area (Å²) in [6.45, 7) is 3.77. The lowest BCUT2D eigenvalue weighted by atomic mass is 9.67. The first-order chi connectivity index (χ1) is 17.8. The fraction of sp³-hybridized carbons (Fsp3) is 0.538. The Balaban J connectivity index is 1.29. The number of carbonyl (C=O) groups excluding carboxylic acids is 2. The summed E-state index contributed by atoms with van der Waals surface area (Å²) in [5.74, 6) is -1.24. The van der Waals surface area contributed by atoms with Gasteiger partial charge in [0, 0.05) is 24.1 Å². The number of aliphatic hydroxyl groups is 4. The molecule has 11 heteroatoms. The van der Waals surface area contributed by atoms with Crippen molar-refractivity contribution in [2.75, 3.05) is 18.5 Å². The molecule has 198 valence electrons. The van der Waals surface area contributed by atoms with Gasteiger partial charge in [-0.2, -0.15) is 0 Å². The molecule has 3 saturated heterocycles. The summed E-state index contributed by atoms with van der Waals surface area (Å²) in [4.78, 5) is 28.7. The predicted octanol–water partition coefficient (Wildman–Crippen LogP) is -0.644. The monoisotopic (exact) mass is 514 g/mol. The first-order valence-corrected chi connectivity index (χ1v) is 12.5. The number of nitrogens with zero attached hydrogens (tertiary/aromatic N) is 1. The van der Waals surface area contributed by atoms with E-state index in [1.807, 2.05) is 24.3 Å². The van der Waals surface area contributed by atoms with E-state index in [2.05, 4.69) is 11.9 Å². The molecule has 1 aromatic carbocycles. The molecule has 0 radical (unpaired) electrons. The Morgan fingerprint density at radius 1 is 1.16 bits per heavy atom. The summed E-state index contributed by atoms with van der Waals surface area (Å²) in [6.07, 6.45) is -4.35. The first-order valence-electron chi connectivity index (χ1n) is 12.5. The van der Waals surface area contributed by atoms with Gasteiger partial charge in [0.1, 0.15) is 24.4 Å². The minimum absolute atomic E-state index is 0.113. The number of hydrogen-bond donors (Lipinski definition) is 5. The van der Waals surface area contributed by atoms with E-state index in [1.54, 1.807) is 11.0 Å². The molecule has 0 aromatic heterocycles. The molecule has 3 fully saturated rings. The van der Waals surface area contributed by atoms with Crippen molar-refractivity contribution < 1.29 is 44.2 Å². The SMILES string of the molecule is C=C[C@H]1[C@H](O[C@@H]2O[C@H](CO)[C@@H](O)[C@H](O)[C@H]2O)OC=C2C(=O)N3CC[C@]4(C(=O)Nc5ccccc54)[C@H]3C[C@H]21. The molecular formula is C26H30N2O9. The number of benzene rings is 1. The zero-order valence-corrected chi connectivity index (χ0v) is 20.0. The highest BCUT2D eigenvalue weighted by atomic mass is 16.8. The van der Waals surface area contributed by atoms with Crippen LogP contribution < -0.4 is 5.32 Å². The van der Waals surface area contributed by atoms with Gasteiger partial charge < -0.3 is 44.9 Å². The van der Waals surface area contributed by atoms with Gasteiger partial charge in [-0.15, -0.1) is 6.58 Å². The normalized spacial score (nSPS) is 42.4. The maximum Gasteiger partial charge on any atom is 0.253 e. The van der Waals surface area contributed by atoms with E-state index in [9.17, 15) is 30.0 Å². The second kappa shape index (κ2) is 8.90. The summed E-state index contributed by atoms with van der Waals surface area (Å²) < 4.78 is 17.1. The van der Waals surface area contributed by atoms with Gasteiger partial charge in [-0.1, -0.05) is 24.3 Å². The van der Waals surface area contributed by atoms with Gasteiger partial charge in [0.05, 0.1) is 29.9 Å². The van der Waals surface area contributed by atoms with Gasteiger partial charge in [0.25, 0.3) is 5.91 Å². The van der Waals surface area contributed by atoms with E-state index >= 15 is 0 Å². The maximum atomic E-state index is 13.6. The molecule has 0 aliphatic carbocycles. The van der Waals surface area contributed by atoms with E-state index in [4.69, 9.17) is 14.2 Å². The Labute approximate surface area is 212 Å². The number of hydrogen-bond acceptors (Lipinski definition) is 9. The molecule has 5 aliphatic heterocycles. The number of ether oxygens (including phenoxy) is 3. The summed E-state index contributed by atoms with van der Waals surface area (Å²) in [7, 11) is 0. The van der Waals surface area contributed by atoms with Crippen molar-refractivity contribution in [3.63, 3.8) is 0 Å². The van der Waals surface area contributed by atoms with Crippen LogP contribution in [0.3, 0.4) is 0 Å². The van der Waals surface area contributed by atoms with E-state index in [-0.39, 0.29) is 23.8 Å². The Kier molecular flexibility index (Phi) is 5.90. The smallest absolute Gasteiger partial charge is 0.253 e. The van der Waals surface area contributed by atoms with Gasteiger partial charge in [-0.3, -0.25) is 9.59 Å². The largest absolute Gasteiger partial charge is 0.471 e. The van der Waals surface area contributed by atoms with Crippen LogP contribution in [0.5, 0.6) is 0 Å². The number of nitrogens with one attached hydrogen (secondary N) is 1. The van der Waals surface area contributed by atoms with E-state index in [0.29, 0.717) is 25.0 Å². The van der Waals surface area contributed by atoms with Crippen molar-refractivity contribution in [2.45, 2.75) is 61.3 Å². The van der Waals surface area contributed by atoms with E-state index in [0.717, 1.165) is 11.3 Å². The quantitative estimate of drug-likeness (QED) is 0.330. The number of aliphatic hydroxyl groups excluding tert-OH is 4. The Morgan fingerprint density at radius 3 is 2.70 bits per heavy atom. The Morgan fingerprint density at radius 2 is 1.95 bits per heavy atom. The van der Waals surface area contributed by atoms with E-state index < -0.39 is 54.9 Å². The van der Waals surface area contributed by atoms with Crippen LogP contribution in [-0.2, 0) is 29.2 Å². The van der Waals surface area contributed by atoms with Crippen LogP contribution in [0.25, 0.3) is 0 Å². The fourth-order valence-electron chi connectivity index (χ4n) is 6.70. The molecule has 0 bridgehead atoms. The zero-order chi connectivity index (χ0) is 26.1. The van der Waals surface area contributed by atoms with Gasteiger partial charge in [-0.05, 0) is 24.5 Å². The van der Waals surface area contributed by atoms with Crippen LogP contribution in [-0.4, -0.2) is 93.3 Å². The third-order valence-electron chi connectivity index (χ3n) is 8.63. The zero-order valence-electron chi connectivity index (χ0n) is 20.0. The predicted molar refractivity (Wildman–Crippen MR) is 126 cm³/mol. The second-order valence-corrected chi connectivity index (χ2v) is 10.3. The molecule has 2 amide bonds. The van der Waals surface area contributed by atoms with Crippen molar-refractivity contribution in [2.24, 2.45) is 11.8 Å². The molecule has 0 saturated carbocycles. The molecule has 1 aromatic rings. The summed E-state index contributed by atoms with van der Waals surface area (Å²) >= 11 is 0. The highest BCUT2D eigenvalue weighted by Crippen LogP contribution is 2.54. The first kappa shape index (κ1) is 24.5. The average Bonchev–Trinajstić information content (AvgIpc) is 3.43. The minimum Gasteiger partial charge on any atom is -0.471 e. The lowest BCUT2D eigenvalue weighted by Gasteiger charge is -2.47. The van der Waals surface area contributed by atoms with Gasteiger partial charge in [0.15, 0.2) is 6.29 Å². The lowest BCUT2D eigenvalue weighted by molar-refractivity contribution is -0.339.